The van der Waals surface area contributed by atoms with Crippen molar-refractivity contribution in [3.05, 3.63) is 12.2 Å². The van der Waals surface area contributed by atoms with Crippen LogP contribution in [0.15, 0.2) is 12.2 Å². The van der Waals surface area contributed by atoms with Crippen molar-refractivity contribution < 1.29 is 19.1 Å². The smallest absolute Gasteiger partial charge is 0.331 e. The third-order valence-corrected chi connectivity index (χ3v) is 6.54. The summed E-state index contributed by atoms with van der Waals surface area (Å²) >= 11 is 0. The molecule has 0 aromatic rings. The van der Waals surface area contributed by atoms with Crippen LogP contribution in [0, 0.1) is 11.8 Å². The maximum Gasteiger partial charge on any atom is 0.331 e. The number of hydrogen-bond acceptors (Lipinski definition) is 4. The summed E-state index contributed by atoms with van der Waals surface area (Å²) in [6, 6.07) is 0. The standard InChI is InChI=1S/C25H42O4/c1-2-3-4-5-6-7-8-9-10-11-12-13-18-28-24(26)16-17-25(27)29-23-20-21-14-15-22(23)19-21/h16-17,21-23H,2-15,18-20H2,1H3/b17-16+. The Bertz CT molecular complexity index is 499. The molecule has 2 saturated carbocycles. The maximum absolute atomic E-state index is 11.9. The number of esters is 2. The molecule has 0 saturated heterocycles. The molecule has 3 atom stereocenters. The van der Waals surface area contributed by atoms with Gasteiger partial charge in [-0.05, 0) is 43.9 Å². The average Bonchev–Trinajstić information content (AvgIpc) is 3.33. The van der Waals surface area contributed by atoms with E-state index in [0.717, 1.165) is 25.2 Å². The second-order valence-corrected chi connectivity index (χ2v) is 9.04. The van der Waals surface area contributed by atoms with Gasteiger partial charge < -0.3 is 9.47 Å². The molecule has 3 unspecified atom stereocenters. The molecule has 2 aliphatic rings. The van der Waals surface area contributed by atoms with Crippen LogP contribution in [0.5, 0.6) is 0 Å². The van der Waals surface area contributed by atoms with Gasteiger partial charge in [-0.2, -0.15) is 0 Å². The lowest BCUT2D eigenvalue weighted by Gasteiger charge is -2.20. The molecule has 0 amide bonds. The maximum atomic E-state index is 11.9. The Morgan fingerprint density at radius 1 is 0.759 bits per heavy atom. The summed E-state index contributed by atoms with van der Waals surface area (Å²) in [5.74, 6) is 0.417. The highest BCUT2D eigenvalue weighted by atomic mass is 16.5. The van der Waals surface area contributed by atoms with Crippen LogP contribution in [0.25, 0.3) is 0 Å². The average molecular weight is 407 g/mol. The highest BCUT2D eigenvalue weighted by molar-refractivity contribution is 5.91. The van der Waals surface area contributed by atoms with Crippen LogP contribution >= 0.6 is 0 Å². The van der Waals surface area contributed by atoms with Gasteiger partial charge in [0.1, 0.15) is 6.10 Å². The minimum absolute atomic E-state index is 0.0583. The summed E-state index contributed by atoms with van der Waals surface area (Å²) in [6.45, 7) is 2.69. The van der Waals surface area contributed by atoms with Crippen molar-refractivity contribution in [1.82, 2.24) is 0 Å². The Balaban J connectivity index is 1.36. The van der Waals surface area contributed by atoms with Crippen molar-refractivity contribution in [2.24, 2.45) is 11.8 Å². The lowest BCUT2D eigenvalue weighted by atomic mass is 9.98. The molecule has 0 aliphatic heterocycles. The highest BCUT2D eigenvalue weighted by Crippen LogP contribution is 2.45. The van der Waals surface area contributed by atoms with Crippen molar-refractivity contribution in [3.8, 4) is 0 Å². The third kappa shape index (κ3) is 10.3. The van der Waals surface area contributed by atoms with Gasteiger partial charge in [0.2, 0.25) is 0 Å². The van der Waals surface area contributed by atoms with Crippen LogP contribution in [0.1, 0.15) is 110 Å². The molecule has 29 heavy (non-hydrogen) atoms. The van der Waals surface area contributed by atoms with E-state index >= 15 is 0 Å². The zero-order chi connectivity index (χ0) is 20.7. The molecule has 166 valence electrons. The monoisotopic (exact) mass is 406 g/mol. The molecule has 2 aliphatic carbocycles. The summed E-state index contributed by atoms with van der Waals surface area (Å²) in [7, 11) is 0. The number of hydrogen-bond donors (Lipinski definition) is 0. The highest BCUT2D eigenvalue weighted by Gasteiger charge is 2.41. The second kappa shape index (κ2) is 14.6. The molecular formula is C25H42O4. The predicted octanol–water partition coefficient (Wildman–Crippen LogP) is 6.52. The van der Waals surface area contributed by atoms with E-state index in [1.165, 1.54) is 95.6 Å². The van der Waals surface area contributed by atoms with Gasteiger partial charge in [0.15, 0.2) is 0 Å². The van der Waals surface area contributed by atoms with Crippen LogP contribution in [-0.4, -0.2) is 24.6 Å². The van der Waals surface area contributed by atoms with Crippen molar-refractivity contribution in [2.45, 2.75) is 116 Å². The van der Waals surface area contributed by atoms with E-state index in [1.807, 2.05) is 0 Å². The van der Waals surface area contributed by atoms with E-state index in [9.17, 15) is 9.59 Å². The Hall–Kier alpha value is -1.32. The van der Waals surface area contributed by atoms with E-state index in [2.05, 4.69) is 6.92 Å². The number of unbranched alkanes of at least 4 members (excludes halogenated alkanes) is 11. The Kier molecular flexibility index (Phi) is 12.1. The van der Waals surface area contributed by atoms with Gasteiger partial charge in [0.25, 0.3) is 0 Å². The molecule has 2 bridgehead atoms. The van der Waals surface area contributed by atoms with E-state index in [-0.39, 0.29) is 6.10 Å². The number of ether oxygens (including phenoxy) is 2. The molecule has 0 aromatic carbocycles. The quantitative estimate of drug-likeness (QED) is 0.166. The van der Waals surface area contributed by atoms with Crippen molar-refractivity contribution in [3.63, 3.8) is 0 Å². The van der Waals surface area contributed by atoms with E-state index in [1.54, 1.807) is 0 Å². The number of rotatable bonds is 16. The first kappa shape index (κ1) is 24.0. The van der Waals surface area contributed by atoms with Gasteiger partial charge in [0.05, 0.1) is 6.61 Å². The summed E-state index contributed by atoms with van der Waals surface area (Å²) in [4.78, 5) is 23.5. The van der Waals surface area contributed by atoms with Gasteiger partial charge in [-0.25, -0.2) is 9.59 Å². The van der Waals surface area contributed by atoms with Crippen LogP contribution in [0.4, 0.5) is 0 Å². The normalized spacial score (nSPS) is 23.0. The molecule has 4 nitrogen and oxygen atoms in total. The van der Waals surface area contributed by atoms with Crippen LogP contribution in [0.2, 0.25) is 0 Å². The molecule has 0 heterocycles. The van der Waals surface area contributed by atoms with Crippen LogP contribution in [-0.2, 0) is 19.1 Å². The fourth-order valence-corrected chi connectivity index (χ4v) is 4.82. The van der Waals surface area contributed by atoms with E-state index < -0.39 is 11.9 Å². The minimum Gasteiger partial charge on any atom is -0.463 e. The summed E-state index contributed by atoms with van der Waals surface area (Å²) < 4.78 is 10.7. The molecule has 0 radical (unpaired) electrons. The number of carbonyl (C=O) groups excluding carboxylic acids is 2. The minimum atomic E-state index is -0.446. The van der Waals surface area contributed by atoms with Crippen molar-refractivity contribution >= 4 is 11.9 Å². The lowest BCUT2D eigenvalue weighted by Crippen LogP contribution is -2.23. The molecule has 2 fully saturated rings. The van der Waals surface area contributed by atoms with Gasteiger partial charge in [0, 0.05) is 12.2 Å². The number of fused-ring (bicyclic) bond motifs is 2. The summed E-state index contributed by atoms with van der Waals surface area (Å²) in [5.41, 5.74) is 0. The largest absolute Gasteiger partial charge is 0.463 e. The third-order valence-electron chi connectivity index (χ3n) is 6.54. The first-order valence-electron chi connectivity index (χ1n) is 12.2. The molecule has 2 rings (SSSR count). The first-order chi connectivity index (χ1) is 14.2. The fourth-order valence-electron chi connectivity index (χ4n) is 4.82. The van der Waals surface area contributed by atoms with Gasteiger partial charge in [-0.3, -0.25) is 0 Å². The summed E-state index contributed by atoms with van der Waals surface area (Å²) in [5, 5.41) is 0. The molecule has 0 aromatic heterocycles. The predicted molar refractivity (Wildman–Crippen MR) is 117 cm³/mol. The zero-order valence-corrected chi connectivity index (χ0v) is 18.5. The molecule has 0 spiro atoms. The summed E-state index contributed by atoms with van der Waals surface area (Å²) in [6.07, 6.45) is 22.5. The fraction of sp³-hybridized carbons (Fsp3) is 0.840. The second-order valence-electron chi connectivity index (χ2n) is 9.04. The van der Waals surface area contributed by atoms with Gasteiger partial charge in [-0.15, -0.1) is 0 Å². The van der Waals surface area contributed by atoms with E-state index in [0.29, 0.717) is 12.5 Å². The van der Waals surface area contributed by atoms with Crippen LogP contribution < -0.4 is 0 Å². The molecule has 0 N–H and O–H groups in total. The van der Waals surface area contributed by atoms with E-state index in [4.69, 9.17) is 9.47 Å². The van der Waals surface area contributed by atoms with Gasteiger partial charge in [-0.1, -0.05) is 77.6 Å². The van der Waals surface area contributed by atoms with Gasteiger partial charge >= 0.3 is 11.9 Å². The zero-order valence-electron chi connectivity index (χ0n) is 18.5. The molecule has 4 heteroatoms. The van der Waals surface area contributed by atoms with Crippen molar-refractivity contribution in [2.75, 3.05) is 6.61 Å². The SMILES string of the molecule is CCCCCCCCCCCCCCOC(=O)/C=C/C(=O)OC1CC2CCC1C2. The number of carbonyl (C=O) groups is 2. The lowest BCUT2D eigenvalue weighted by molar-refractivity contribution is -0.146. The van der Waals surface area contributed by atoms with Crippen LogP contribution in [0.3, 0.4) is 0 Å². The van der Waals surface area contributed by atoms with Crippen molar-refractivity contribution in [1.29, 1.82) is 0 Å². The Labute approximate surface area is 177 Å². The first-order valence-corrected chi connectivity index (χ1v) is 12.2. The Morgan fingerprint density at radius 3 is 1.90 bits per heavy atom. The molecular weight excluding hydrogens is 364 g/mol. The topological polar surface area (TPSA) is 52.6 Å². The Morgan fingerprint density at radius 2 is 1.34 bits per heavy atom.